The van der Waals surface area contributed by atoms with Crippen molar-refractivity contribution < 1.29 is 14.6 Å². The molecule has 1 heterocycles. The first kappa shape index (κ1) is 15.1. The van der Waals surface area contributed by atoms with Gasteiger partial charge in [-0.2, -0.15) is 0 Å². The van der Waals surface area contributed by atoms with E-state index in [4.69, 9.17) is 9.84 Å². The van der Waals surface area contributed by atoms with Gasteiger partial charge in [-0.15, -0.1) is 0 Å². The average molecular weight is 288 g/mol. The number of carboxylic acids is 1. The van der Waals surface area contributed by atoms with E-state index in [9.17, 15) is 4.79 Å². The number of fused-ring (bicyclic) bond motifs is 1. The molecule has 1 aromatic carbocycles. The van der Waals surface area contributed by atoms with Gasteiger partial charge in [-0.25, -0.2) is 4.98 Å². The van der Waals surface area contributed by atoms with Crippen LogP contribution >= 0.6 is 0 Å². The van der Waals surface area contributed by atoms with Gasteiger partial charge in [-0.3, -0.25) is 4.79 Å². The number of benzene rings is 1. The van der Waals surface area contributed by atoms with Gasteiger partial charge in [0.2, 0.25) is 0 Å². The second kappa shape index (κ2) is 5.99. The Hall–Kier alpha value is -2.30. The quantitative estimate of drug-likeness (QED) is 0.853. The summed E-state index contributed by atoms with van der Waals surface area (Å²) in [5.74, 6) is 0.737. The zero-order valence-corrected chi connectivity index (χ0v) is 12.5. The lowest BCUT2D eigenvalue weighted by Crippen LogP contribution is -2.32. The summed E-state index contributed by atoms with van der Waals surface area (Å²) in [4.78, 5) is 15.1. The van der Waals surface area contributed by atoms with E-state index in [0.29, 0.717) is 6.42 Å². The second-order valence-electron chi connectivity index (χ2n) is 5.62. The highest BCUT2D eigenvalue weighted by atomic mass is 16.5. The Bertz CT molecular complexity index is 653. The van der Waals surface area contributed by atoms with Crippen LogP contribution < -0.4 is 10.1 Å². The van der Waals surface area contributed by atoms with Crippen molar-refractivity contribution in [2.24, 2.45) is 0 Å². The van der Waals surface area contributed by atoms with E-state index in [2.05, 4.69) is 10.3 Å². The lowest BCUT2D eigenvalue weighted by atomic mass is 9.98. The Kier molecular flexibility index (Phi) is 4.31. The molecule has 2 rings (SSSR count). The van der Waals surface area contributed by atoms with Crippen LogP contribution in [0.4, 0.5) is 5.82 Å². The third-order valence-corrected chi connectivity index (χ3v) is 3.41. The molecule has 5 heteroatoms. The molecule has 5 nitrogen and oxygen atoms in total. The van der Waals surface area contributed by atoms with E-state index in [1.54, 1.807) is 13.3 Å². The van der Waals surface area contributed by atoms with E-state index in [0.717, 1.165) is 22.3 Å². The molecule has 0 aliphatic rings. The van der Waals surface area contributed by atoms with Gasteiger partial charge in [0.25, 0.3) is 0 Å². The van der Waals surface area contributed by atoms with Crippen LogP contribution in [0.15, 0.2) is 30.5 Å². The summed E-state index contributed by atoms with van der Waals surface area (Å²) in [6, 6.07) is 7.70. The van der Waals surface area contributed by atoms with Gasteiger partial charge in [-0.05, 0) is 32.4 Å². The summed E-state index contributed by atoms with van der Waals surface area (Å²) in [7, 11) is 1.64. The van der Waals surface area contributed by atoms with Gasteiger partial charge in [0.15, 0.2) is 0 Å². The monoisotopic (exact) mass is 288 g/mol. The molecule has 21 heavy (non-hydrogen) atoms. The fourth-order valence-electron chi connectivity index (χ4n) is 2.26. The predicted molar refractivity (Wildman–Crippen MR) is 82.9 cm³/mol. The van der Waals surface area contributed by atoms with Crippen LogP contribution in [-0.2, 0) is 4.79 Å². The molecule has 0 saturated heterocycles. The summed E-state index contributed by atoms with van der Waals surface area (Å²) in [5.41, 5.74) is -0.358. The number of carbonyl (C=O) groups is 1. The van der Waals surface area contributed by atoms with Crippen LogP contribution in [-0.4, -0.2) is 28.7 Å². The molecule has 0 bridgehead atoms. The summed E-state index contributed by atoms with van der Waals surface area (Å²) < 4.78 is 5.36. The maximum absolute atomic E-state index is 10.7. The number of carboxylic acid groups (broad SMARTS) is 1. The third kappa shape index (κ3) is 3.62. The minimum absolute atomic E-state index is 0.119. The number of rotatable bonds is 6. The van der Waals surface area contributed by atoms with Crippen molar-refractivity contribution in [2.75, 3.05) is 12.4 Å². The molecule has 0 spiro atoms. The molecule has 0 unspecified atom stereocenters. The maximum Gasteiger partial charge on any atom is 0.303 e. The highest BCUT2D eigenvalue weighted by molar-refractivity contribution is 5.96. The fourth-order valence-corrected chi connectivity index (χ4v) is 2.26. The lowest BCUT2D eigenvalue weighted by Gasteiger charge is -2.27. The molecular formula is C16H20N2O3. The Morgan fingerprint density at radius 1 is 1.33 bits per heavy atom. The first-order chi connectivity index (χ1) is 9.93. The van der Waals surface area contributed by atoms with Gasteiger partial charge in [-0.1, -0.05) is 12.1 Å². The summed E-state index contributed by atoms with van der Waals surface area (Å²) in [5, 5.41) is 14.1. The van der Waals surface area contributed by atoms with Crippen molar-refractivity contribution in [3.05, 3.63) is 30.5 Å². The minimum Gasteiger partial charge on any atom is -0.496 e. The minimum atomic E-state index is -0.794. The molecule has 0 radical (unpaired) electrons. The topological polar surface area (TPSA) is 71.5 Å². The van der Waals surface area contributed by atoms with Crippen LogP contribution in [0.3, 0.4) is 0 Å². The molecule has 0 atom stereocenters. The van der Waals surface area contributed by atoms with Crippen LogP contribution in [0.5, 0.6) is 5.75 Å². The molecule has 0 aliphatic carbocycles. The molecule has 112 valence electrons. The van der Waals surface area contributed by atoms with Gasteiger partial charge >= 0.3 is 5.97 Å². The molecule has 1 aromatic heterocycles. The Balaban J connectivity index is 2.32. The van der Waals surface area contributed by atoms with Crippen molar-refractivity contribution >= 4 is 22.6 Å². The zero-order valence-electron chi connectivity index (χ0n) is 12.5. The van der Waals surface area contributed by atoms with Crippen molar-refractivity contribution in [1.29, 1.82) is 0 Å². The second-order valence-corrected chi connectivity index (χ2v) is 5.62. The first-order valence-electron chi connectivity index (χ1n) is 6.85. The lowest BCUT2D eigenvalue weighted by molar-refractivity contribution is -0.137. The summed E-state index contributed by atoms with van der Waals surface area (Å²) in [6.07, 6.45) is 2.36. The van der Waals surface area contributed by atoms with Gasteiger partial charge < -0.3 is 15.2 Å². The van der Waals surface area contributed by atoms with Gasteiger partial charge in [0.05, 0.1) is 7.11 Å². The number of methoxy groups -OCH3 is 1. The van der Waals surface area contributed by atoms with Crippen LogP contribution in [0, 0.1) is 0 Å². The van der Waals surface area contributed by atoms with Crippen molar-refractivity contribution in [3.63, 3.8) is 0 Å². The first-order valence-corrected chi connectivity index (χ1v) is 6.85. The molecule has 0 aliphatic heterocycles. The SMILES string of the molecule is COc1cccc2c(NC(C)(C)CCC(=O)O)nccc12. The molecule has 0 saturated carbocycles. The maximum atomic E-state index is 10.7. The Morgan fingerprint density at radius 2 is 2.10 bits per heavy atom. The molecule has 0 fully saturated rings. The number of nitrogens with one attached hydrogen (secondary N) is 1. The number of pyridine rings is 1. The standard InChI is InChI=1S/C16H20N2O3/c1-16(2,9-7-14(19)20)18-15-12-5-4-6-13(21-3)11(12)8-10-17-15/h4-6,8,10H,7,9H2,1-3H3,(H,17,18)(H,19,20). The van der Waals surface area contributed by atoms with Crippen molar-refractivity contribution in [1.82, 2.24) is 4.98 Å². The summed E-state index contributed by atoms with van der Waals surface area (Å²) in [6.45, 7) is 3.94. The predicted octanol–water partition coefficient (Wildman–Crippen LogP) is 3.30. The molecular weight excluding hydrogens is 268 g/mol. The number of hydrogen-bond donors (Lipinski definition) is 2. The van der Waals surface area contributed by atoms with Crippen molar-refractivity contribution in [2.45, 2.75) is 32.2 Å². The van der Waals surface area contributed by atoms with E-state index >= 15 is 0 Å². The van der Waals surface area contributed by atoms with E-state index in [1.165, 1.54) is 0 Å². The number of ether oxygens (including phenoxy) is 1. The highest BCUT2D eigenvalue weighted by Gasteiger charge is 2.20. The number of anilines is 1. The normalized spacial score (nSPS) is 11.4. The number of nitrogens with zero attached hydrogens (tertiary/aromatic N) is 1. The summed E-state index contributed by atoms with van der Waals surface area (Å²) >= 11 is 0. The average Bonchev–Trinajstić information content (AvgIpc) is 2.45. The van der Waals surface area contributed by atoms with Crippen LogP contribution in [0.1, 0.15) is 26.7 Å². The van der Waals surface area contributed by atoms with Gasteiger partial charge in [0.1, 0.15) is 11.6 Å². The highest BCUT2D eigenvalue weighted by Crippen LogP contribution is 2.31. The molecule has 2 N–H and O–H groups in total. The fraction of sp³-hybridized carbons (Fsp3) is 0.375. The molecule has 0 amide bonds. The van der Waals surface area contributed by atoms with Crippen LogP contribution in [0.2, 0.25) is 0 Å². The number of hydrogen-bond acceptors (Lipinski definition) is 4. The third-order valence-electron chi connectivity index (χ3n) is 3.41. The van der Waals surface area contributed by atoms with E-state index < -0.39 is 5.97 Å². The van der Waals surface area contributed by atoms with Crippen molar-refractivity contribution in [3.8, 4) is 5.75 Å². The largest absolute Gasteiger partial charge is 0.496 e. The number of aliphatic carboxylic acids is 1. The molecule has 2 aromatic rings. The zero-order chi connectivity index (χ0) is 15.5. The van der Waals surface area contributed by atoms with Crippen LogP contribution in [0.25, 0.3) is 10.8 Å². The van der Waals surface area contributed by atoms with E-state index in [-0.39, 0.29) is 12.0 Å². The Morgan fingerprint density at radius 3 is 2.76 bits per heavy atom. The Labute approximate surface area is 124 Å². The van der Waals surface area contributed by atoms with Gasteiger partial charge in [0, 0.05) is 28.9 Å². The smallest absolute Gasteiger partial charge is 0.303 e. The van der Waals surface area contributed by atoms with E-state index in [1.807, 2.05) is 38.1 Å². The number of aromatic nitrogens is 1.